The zero-order valence-corrected chi connectivity index (χ0v) is 8.07. The molecule has 0 atom stereocenters. The van der Waals surface area contributed by atoms with Gasteiger partial charge in [0.1, 0.15) is 5.82 Å². The van der Waals surface area contributed by atoms with Crippen LogP contribution in [-0.2, 0) is 0 Å². The second-order valence-corrected chi connectivity index (χ2v) is 3.14. The summed E-state index contributed by atoms with van der Waals surface area (Å²) in [6.45, 7) is 1.97. The van der Waals surface area contributed by atoms with Gasteiger partial charge in [-0.3, -0.25) is 0 Å². The van der Waals surface area contributed by atoms with Crippen LogP contribution in [-0.4, -0.2) is 4.98 Å². The normalized spacial score (nSPS) is 11.2. The lowest BCUT2D eigenvalue weighted by molar-refractivity contribution is 1.36. The number of nitrogens with zero attached hydrogens (tertiary/aromatic N) is 1. The summed E-state index contributed by atoms with van der Waals surface area (Å²) in [5, 5.41) is 2.27. The Morgan fingerprint density at radius 3 is 2.86 bits per heavy atom. The predicted octanol–water partition coefficient (Wildman–Crippen LogP) is 2.85. The topological polar surface area (TPSA) is 38.9 Å². The molecule has 0 bridgehead atoms. The number of rotatable bonds is 1. The van der Waals surface area contributed by atoms with Gasteiger partial charge in [0.05, 0.1) is 0 Å². The Kier molecular flexibility index (Phi) is 2.19. The van der Waals surface area contributed by atoms with E-state index in [1.165, 1.54) is 0 Å². The van der Waals surface area contributed by atoms with Gasteiger partial charge in [-0.25, -0.2) is 4.98 Å². The number of fused-ring (bicyclic) bond motifs is 1. The van der Waals surface area contributed by atoms with Crippen LogP contribution in [0, 0.1) is 0 Å². The highest BCUT2D eigenvalue weighted by molar-refractivity contribution is 5.93. The van der Waals surface area contributed by atoms with Gasteiger partial charge in [0, 0.05) is 17.1 Å². The largest absolute Gasteiger partial charge is 0.383 e. The molecular weight excluding hydrogens is 172 g/mol. The maximum absolute atomic E-state index is 5.81. The standard InChI is InChI=1S/C12H12N2/c1-2-5-11-10-7-4-3-6-9(10)8-14-12(11)13/h2-8H,1H3,(H2,13,14)/b5-2-. The van der Waals surface area contributed by atoms with Crippen molar-refractivity contribution in [2.24, 2.45) is 0 Å². The van der Waals surface area contributed by atoms with Gasteiger partial charge in [0.25, 0.3) is 0 Å². The van der Waals surface area contributed by atoms with Crippen molar-refractivity contribution < 1.29 is 0 Å². The van der Waals surface area contributed by atoms with Crippen LogP contribution in [0.4, 0.5) is 5.82 Å². The highest BCUT2D eigenvalue weighted by Crippen LogP contribution is 2.22. The number of nitrogens with two attached hydrogens (primary N) is 1. The molecule has 0 aliphatic rings. The minimum atomic E-state index is 0.585. The van der Waals surface area contributed by atoms with Crippen LogP contribution in [0.1, 0.15) is 12.5 Å². The van der Waals surface area contributed by atoms with Gasteiger partial charge in [0.15, 0.2) is 0 Å². The van der Waals surface area contributed by atoms with Crippen LogP contribution in [0.25, 0.3) is 16.8 Å². The fourth-order valence-corrected chi connectivity index (χ4v) is 1.54. The minimum absolute atomic E-state index is 0.585. The van der Waals surface area contributed by atoms with Crippen molar-refractivity contribution in [3.05, 3.63) is 42.1 Å². The summed E-state index contributed by atoms with van der Waals surface area (Å²) in [5.41, 5.74) is 6.82. The molecule has 1 aromatic heterocycles. The van der Waals surface area contributed by atoms with Crippen LogP contribution < -0.4 is 5.73 Å². The highest BCUT2D eigenvalue weighted by atomic mass is 14.8. The van der Waals surface area contributed by atoms with Gasteiger partial charge >= 0.3 is 0 Å². The molecule has 70 valence electrons. The second-order valence-electron chi connectivity index (χ2n) is 3.14. The summed E-state index contributed by atoms with van der Waals surface area (Å²) in [5.74, 6) is 0.585. The summed E-state index contributed by atoms with van der Waals surface area (Å²) in [6.07, 6.45) is 5.77. The van der Waals surface area contributed by atoms with Gasteiger partial charge in [-0.2, -0.15) is 0 Å². The molecule has 0 amide bonds. The lowest BCUT2D eigenvalue weighted by atomic mass is 10.1. The fourth-order valence-electron chi connectivity index (χ4n) is 1.54. The van der Waals surface area contributed by atoms with Gasteiger partial charge in [0.2, 0.25) is 0 Å². The smallest absolute Gasteiger partial charge is 0.131 e. The number of pyridine rings is 1. The molecule has 0 spiro atoms. The van der Waals surface area contributed by atoms with E-state index in [4.69, 9.17) is 5.73 Å². The first-order valence-electron chi connectivity index (χ1n) is 4.59. The average Bonchev–Trinajstić information content (AvgIpc) is 2.23. The first kappa shape index (κ1) is 8.75. The van der Waals surface area contributed by atoms with Crippen molar-refractivity contribution in [2.75, 3.05) is 5.73 Å². The van der Waals surface area contributed by atoms with E-state index in [0.29, 0.717) is 5.82 Å². The molecule has 0 unspecified atom stereocenters. The first-order chi connectivity index (χ1) is 6.83. The van der Waals surface area contributed by atoms with Gasteiger partial charge in [-0.1, -0.05) is 36.4 Å². The number of benzene rings is 1. The van der Waals surface area contributed by atoms with E-state index in [0.717, 1.165) is 16.3 Å². The van der Waals surface area contributed by atoms with Crippen molar-refractivity contribution in [2.45, 2.75) is 6.92 Å². The van der Waals surface area contributed by atoms with Crippen LogP contribution in [0.3, 0.4) is 0 Å². The average molecular weight is 184 g/mol. The predicted molar refractivity (Wildman–Crippen MR) is 60.9 cm³/mol. The first-order valence-corrected chi connectivity index (χ1v) is 4.59. The minimum Gasteiger partial charge on any atom is -0.383 e. The summed E-state index contributed by atoms with van der Waals surface area (Å²) < 4.78 is 0. The maximum atomic E-state index is 5.81. The Morgan fingerprint density at radius 2 is 2.07 bits per heavy atom. The van der Waals surface area contributed by atoms with Crippen molar-refractivity contribution >= 4 is 22.7 Å². The number of allylic oxidation sites excluding steroid dienone is 1. The molecule has 0 radical (unpaired) electrons. The number of nitrogen functional groups attached to an aromatic ring is 1. The van der Waals surface area contributed by atoms with Crippen molar-refractivity contribution in [1.82, 2.24) is 4.98 Å². The summed E-state index contributed by atoms with van der Waals surface area (Å²) in [7, 11) is 0. The van der Waals surface area contributed by atoms with E-state index in [1.807, 2.05) is 37.3 Å². The van der Waals surface area contributed by atoms with Crippen LogP contribution >= 0.6 is 0 Å². The third-order valence-electron chi connectivity index (χ3n) is 2.20. The third kappa shape index (κ3) is 1.35. The van der Waals surface area contributed by atoms with Gasteiger partial charge in [-0.05, 0) is 12.3 Å². The molecule has 1 heterocycles. The van der Waals surface area contributed by atoms with E-state index in [2.05, 4.69) is 11.1 Å². The van der Waals surface area contributed by atoms with E-state index >= 15 is 0 Å². The van der Waals surface area contributed by atoms with Crippen LogP contribution in [0.2, 0.25) is 0 Å². The Balaban J connectivity index is 2.82. The SMILES string of the molecule is C/C=C\c1c(N)ncc2ccccc12. The molecule has 2 nitrogen and oxygen atoms in total. The molecule has 0 aliphatic heterocycles. The Morgan fingerprint density at radius 1 is 1.29 bits per heavy atom. The number of hydrogen-bond donors (Lipinski definition) is 1. The monoisotopic (exact) mass is 184 g/mol. The fraction of sp³-hybridized carbons (Fsp3) is 0.0833. The second kappa shape index (κ2) is 3.50. The molecular formula is C12H12N2. The molecule has 0 saturated carbocycles. The van der Waals surface area contributed by atoms with Crippen LogP contribution in [0.5, 0.6) is 0 Å². The Bertz CT molecular complexity index is 487. The molecule has 14 heavy (non-hydrogen) atoms. The van der Waals surface area contributed by atoms with Gasteiger partial charge < -0.3 is 5.73 Å². The lowest BCUT2D eigenvalue weighted by Gasteiger charge is -2.04. The third-order valence-corrected chi connectivity index (χ3v) is 2.20. The number of anilines is 1. The lowest BCUT2D eigenvalue weighted by Crippen LogP contribution is -1.94. The quantitative estimate of drug-likeness (QED) is 0.740. The molecule has 2 heteroatoms. The molecule has 2 N–H and O–H groups in total. The zero-order chi connectivity index (χ0) is 9.97. The molecule has 0 aliphatic carbocycles. The van der Waals surface area contributed by atoms with Crippen molar-refractivity contribution in [1.29, 1.82) is 0 Å². The molecule has 1 aromatic carbocycles. The van der Waals surface area contributed by atoms with E-state index in [1.54, 1.807) is 6.20 Å². The summed E-state index contributed by atoms with van der Waals surface area (Å²) in [6, 6.07) is 8.10. The summed E-state index contributed by atoms with van der Waals surface area (Å²) in [4.78, 5) is 4.15. The highest BCUT2D eigenvalue weighted by Gasteiger charge is 2.01. The molecule has 2 aromatic rings. The molecule has 0 saturated heterocycles. The van der Waals surface area contributed by atoms with Gasteiger partial charge in [-0.15, -0.1) is 0 Å². The Hall–Kier alpha value is -1.83. The van der Waals surface area contributed by atoms with E-state index in [9.17, 15) is 0 Å². The van der Waals surface area contributed by atoms with Crippen LogP contribution in [0.15, 0.2) is 36.5 Å². The number of aromatic nitrogens is 1. The van der Waals surface area contributed by atoms with E-state index in [-0.39, 0.29) is 0 Å². The van der Waals surface area contributed by atoms with E-state index < -0.39 is 0 Å². The Labute approximate surface area is 83.1 Å². The maximum Gasteiger partial charge on any atom is 0.131 e. The summed E-state index contributed by atoms with van der Waals surface area (Å²) >= 11 is 0. The molecule has 0 fully saturated rings. The zero-order valence-electron chi connectivity index (χ0n) is 8.07. The molecule has 2 rings (SSSR count). The van der Waals surface area contributed by atoms with Crippen molar-refractivity contribution in [3.63, 3.8) is 0 Å². The number of hydrogen-bond acceptors (Lipinski definition) is 2. The van der Waals surface area contributed by atoms with Crippen molar-refractivity contribution in [3.8, 4) is 0 Å².